The number of ether oxygens (including phenoxy) is 1. The molecule has 0 radical (unpaired) electrons. The highest BCUT2D eigenvalue weighted by atomic mass is 32.1. The predicted octanol–water partition coefficient (Wildman–Crippen LogP) is 2.12. The summed E-state index contributed by atoms with van der Waals surface area (Å²) >= 11 is 5.23. The molecule has 23 heavy (non-hydrogen) atoms. The van der Waals surface area contributed by atoms with Crippen LogP contribution in [0.5, 0.6) is 5.75 Å². The zero-order valence-corrected chi connectivity index (χ0v) is 14.2. The number of thiocarbonyl (C=S) groups is 1. The van der Waals surface area contributed by atoms with Crippen LogP contribution in [-0.2, 0) is 0 Å². The minimum Gasteiger partial charge on any atom is -0.492 e. The molecule has 2 aromatic carbocycles. The average Bonchev–Trinajstić information content (AvgIpc) is 2.55. The van der Waals surface area contributed by atoms with E-state index in [1.54, 1.807) is 0 Å². The van der Waals surface area contributed by atoms with Crippen LogP contribution in [0, 0.1) is 5.92 Å². The van der Waals surface area contributed by atoms with Gasteiger partial charge < -0.3 is 10.1 Å². The molecule has 0 saturated heterocycles. The van der Waals surface area contributed by atoms with Gasteiger partial charge in [0, 0.05) is 5.69 Å². The van der Waals surface area contributed by atoms with Crippen molar-refractivity contribution in [1.82, 2.24) is 5.43 Å². The van der Waals surface area contributed by atoms with Gasteiger partial charge in [-0.25, -0.2) is 0 Å². The molecule has 0 unspecified atom stereocenters. The number of nitrogens with one attached hydrogen (secondary N) is 3. The fourth-order valence-corrected chi connectivity index (χ4v) is 2.03. The molecule has 0 atom stereocenters. The highest BCUT2D eigenvalue weighted by Crippen LogP contribution is 2.15. The molecule has 0 aromatic heterocycles. The van der Waals surface area contributed by atoms with E-state index in [0.717, 1.165) is 17.0 Å². The Morgan fingerprint density at radius 1 is 1.13 bits per heavy atom. The monoisotopic (exact) mass is 328 g/mol. The van der Waals surface area contributed by atoms with Crippen LogP contribution < -0.4 is 20.6 Å². The van der Waals surface area contributed by atoms with Crippen molar-refractivity contribution in [2.24, 2.45) is 5.92 Å². The van der Waals surface area contributed by atoms with Gasteiger partial charge >= 0.3 is 0 Å². The molecule has 0 aliphatic heterocycles. The summed E-state index contributed by atoms with van der Waals surface area (Å²) < 4.78 is 5.80. The highest BCUT2D eigenvalue weighted by Gasteiger charge is 2.05. The molecule has 0 aliphatic carbocycles. The molecule has 0 amide bonds. The van der Waals surface area contributed by atoms with Gasteiger partial charge in [-0.15, -0.1) is 10.5 Å². The van der Waals surface area contributed by atoms with Crippen LogP contribution >= 0.6 is 12.2 Å². The third-order valence-corrected chi connectivity index (χ3v) is 3.14. The third kappa shape index (κ3) is 6.08. The van der Waals surface area contributed by atoms with Gasteiger partial charge in [0.2, 0.25) is 11.3 Å². The first-order valence-corrected chi connectivity index (χ1v) is 7.98. The summed E-state index contributed by atoms with van der Waals surface area (Å²) in [5.74, 6) is 1.33. The number of hydrazone groups is 1. The van der Waals surface area contributed by atoms with Gasteiger partial charge in [0.25, 0.3) is 0 Å². The Morgan fingerprint density at radius 3 is 2.57 bits per heavy atom. The first-order valence-electron chi connectivity index (χ1n) is 7.58. The van der Waals surface area contributed by atoms with Crippen LogP contribution in [-0.4, -0.2) is 17.9 Å². The molecule has 0 fully saturated rings. The first-order chi connectivity index (χ1) is 11.1. The molecule has 0 saturated carbocycles. The van der Waals surface area contributed by atoms with Crippen molar-refractivity contribution < 1.29 is 9.84 Å². The number of anilines is 1. The topological polar surface area (TPSA) is 47.3 Å². The van der Waals surface area contributed by atoms with Crippen LogP contribution in [0.1, 0.15) is 19.4 Å². The number of para-hydroxylation sites is 2. The van der Waals surface area contributed by atoms with Crippen LogP contribution in [0.2, 0.25) is 0 Å². The summed E-state index contributed by atoms with van der Waals surface area (Å²) in [7, 11) is 0. The zero-order chi connectivity index (χ0) is 16.5. The quantitative estimate of drug-likeness (QED) is 0.432. The molecule has 2 aromatic rings. The van der Waals surface area contributed by atoms with Crippen LogP contribution in [0.15, 0.2) is 54.6 Å². The van der Waals surface area contributed by atoms with E-state index < -0.39 is 0 Å². The number of hydrazine groups is 1. The molecular weight excluding hydrogens is 306 g/mol. The maximum Gasteiger partial charge on any atom is 0.228 e. The van der Waals surface area contributed by atoms with Crippen LogP contribution in [0.25, 0.3) is 0 Å². The lowest BCUT2D eigenvalue weighted by Crippen LogP contribution is -2.82. The summed E-state index contributed by atoms with van der Waals surface area (Å²) in [5, 5.41) is 6.57. The van der Waals surface area contributed by atoms with Gasteiger partial charge in [-0.1, -0.05) is 44.2 Å². The van der Waals surface area contributed by atoms with E-state index in [0.29, 0.717) is 17.6 Å². The lowest BCUT2D eigenvalue weighted by molar-refractivity contribution is -0.499. The minimum atomic E-state index is 0.483. The van der Waals surface area contributed by atoms with E-state index in [1.807, 2.05) is 60.8 Å². The molecule has 3 N–H and O–H groups in total. The predicted molar refractivity (Wildman–Crippen MR) is 98.7 cm³/mol. The Hall–Kier alpha value is -2.40. The maximum absolute atomic E-state index is 5.80. The molecule has 4 nitrogen and oxygen atoms in total. The van der Waals surface area contributed by atoms with Gasteiger partial charge in [0.15, 0.2) is 0 Å². The Labute approximate surface area is 142 Å². The van der Waals surface area contributed by atoms with E-state index in [2.05, 4.69) is 29.7 Å². The summed E-state index contributed by atoms with van der Waals surface area (Å²) in [6.45, 7) is 4.94. The first kappa shape index (κ1) is 17.0. The number of hydrogen-bond acceptors (Lipinski definition) is 2. The SMILES string of the molecule is CC(C)COc1ccccc1C=[NH+]NC(=S)Nc1ccccc1. The normalized spacial score (nSPS) is 10.7. The number of rotatable bonds is 6. The van der Waals surface area contributed by atoms with Crippen molar-refractivity contribution in [3.05, 3.63) is 60.2 Å². The van der Waals surface area contributed by atoms with Crippen LogP contribution in [0.3, 0.4) is 0 Å². The highest BCUT2D eigenvalue weighted by molar-refractivity contribution is 7.80. The van der Waals surface area contributed by atoms with Gasteiger partial charge in [-0.2, -0.15) is 0 Å². The molecule has 0 aliphatic rings. The van der Waals surface area contributed by atoms with Crippen molar-refractivity contribution in [2.75, 3.05) is 11.9 Å². The maximum atomic E-state index is 5.80. The van der Waals surface area contributed by atoms with E-state index in [9.17, 15) is 0 Å². The fourth-order valence-electron chi connectivity index (χ4n) is 1.85. The summed E-state index contributed by atoms with van der Waals surface area (Å²) in [6, 6.07) is 17.6. The van der Waals surface area contributed by atoms with E-state index in [4.69, 9.17) is 17.0 Å². The lowest BCUT2D eigenvalue weighted by Gasteiger charge is -2.09. The number of benzene rings is 2. The van der Waals surface area contributed by atoms with Gasteiger partial charge in [0.1, 0.15) is 5.75 Å². The van der Waals surface area contributed by atoms with Gasteiger partial charge in [0.05, 0.1) is 12.2 Å². The van der Waals surface area contributed by atoms with Gasteiger partial charge in [-0.3, -0.25) is 0 Å². The fraction of sp³-hybridized carbons (Fsp3) is 0.222. The molecule has 0 bridgehead atoms. The summed E-state index contributed by atoms with van der Waals surface area (Å²) in [4.78, 5) is 0. The van der Waals surface area contributed by atoms with Crippen molar-refractivity contribution in [2.45, 2.75) is 13.8 Å². The van der Waals surface area contributed by atoms with Crippen molar-refractivity contribution in [3.8, 4) is 5.75 Å². The van der Waals surface area contributed by atoms with E-state index in [-0.39, 0.29) is 0 Å². The Morgan fingerprint density at radius 2 is 1.83 bits per heavy atom. The Bertz CT molecular complexity index is 656. The Balaban J connectivity index is 1.91. The lowest BCUT2D eigenvalue weighted by atomic mass is 10.2. The minimum absolute atomic E-state index is 0.483. The molecule has 2 rings (SSSR count). The third-order valence-electron chi connectivity index (χ3n) is 2.94. The Kier molecular flexibility index (Phi) is 6.56. The van der Waals surface area contributed by atoms with E-state index >= 15 is 0 Å². The molecule has 120 valence electrons. The standard InChI is InChI=1S/C18H21N3OS/c1-14(2)13-22-17-11-7-6-8-15(17)12-19-21-18(23)20-16-9-4-3-5-10-16/h3-12,14H,13H2,1-2H3,(H2,20,21,23)/p+1. The largest absolute Gasteiger partial charge is 0.492 e. The van der Waals surface area contributed by atoms with Crippen LogP contribution in [0.4, 0.5) is 5.69 Å². The van der Waals surface area contributed by atoms with Gasteiger partial charge in [-0.05, 0) is 42.4 Å². The second kappa shape index (κ2) is 8.90. The van der Waals surface area contributed by atoms with Crippen molar-refractivity contribution in [3.63, 3.8) is 0 Å². The van der Waals surface area contributed by atoms with Crippen molar-refractivity contribution >= 4 is 29.2 Å². The smallest absolute Gasteiger partial charge is 0.228 e. The van der Waals surface area contributed by atoms with Crippen molar-refractivity contribution in [1.29, 1.82) is 0 Å². The summed E-state index contributed by atoms with van der Waals surface area (Å²) in [6.07, 6.45) is 1.83. The van der Waals surface area contributed by atoms with E-state index in [1.165, 1.54) is 0 Å². The molecule has 5 heteroatoms. The average molecular weight is 328 g/mol. The molecule has 0 spiro atoms. The second-order valence-electron chi connectivity index (χ2n) is 5.48. The molecular formula is C18H22N3OS+. The summed E-state index contributed by atoms with van der Waals surface area (Å²) in [5.41, 5.74) is 4.83. The number of hydrogen-bond donors (Lipinski definition) is 3. The molecule has 0 heterocycles. The zero-order valence-electron chi connectivity index (χ0n) is 13.4. The second-order valence-corrected chi connectivity index (χ2v) is 5.88.